The van der Waals surface area contributed by atoms with Crippen molar-refractivity contribution in [3.8, 4) is 0 Å². The lowest BCUT2D eigenvalue weighted by atomic mass is 10.1. The van der Waals surface area contributed by atoms with Crippen LogP contribution in [0, 0.1) is 0 Å². The third kappa shape index (κ3) is 19.4. The fourth-order valence-corrected chi connectivity index (χ4v) is 2.70. The molecule has 0 saturated heterocycles. The van der Waals surface area contributed by atoms with Crippen molar-refractivity contribution in [2.24, 2.45) is 0 Å². The van der Waals surface area contributed by atoms with Crippen LogP contribution in [0.3, 0.4) is 0 Å². The Balaban J connectivity index is 3.31. The summed E-state index contributed by atoms with van der Waals surface area (Å²) >= 11 is 5.64. The van der Waals surface area contributed by atoms with E-state index < -0.39 is 0 Å². The number of alkyl halides is 1. The molecule has 25 heavy (non-hydrogen) atoms. The summed E-state index contributed by atoms with van der Waals surface area (Å²) < 4.78 is 10.2. The van der Waals surface area contributed by atoms with Crippen molar-refractivity contribution < 1.29 is 19.1 Å². The molecule has 5 heteroatoms. The predicted octanol–water partition coefficient (Wildman–Crippen LogP) is 5.79. The number of hydrogen-bond acceptors (Lipinski definition) is 4. The van der Waals surface area contributed by atoms with Crippen molar-refractivity contribution >= 4 is 23.5 Å². The molecule has 0 unspecified atom stereocenters. The topological polar surface area (TPSA) is 52.6 Å². The number of carbonyl (C=O) groups is 2. The second kappa shape index (κ2) is 19.6. The molecule has 0 saturated carbocycles. The van der Waals surface area contributed by atoms with Crippen LogP contribution >= 0.6 is 11.6 Å². The van der Waals surface area contributed by atoms with Gasteiger partial charge in [-0.3, -0.25) is 9.59 Å². The van der Waals surface area contributed by atoms with Gasteiger partial charge < -0.3 is 9.47 Å². The van der Waals surface area contributed by atoms with Crippen LogP contribution in [0.25, 0.3) is 0 Å². The van der Waals surface area contributed by atoms with Crippen LogP contribution in [0.2, 0.25) is 0 Å². The molecular formula is C20H37ClO4. The zero-order valence-corrected chi connectivity index (χ0v) is 16.8. The molecule has 0 radical (unpaired) electrons. The molecule has 4 nitrogen and oxygen atoms in total. The molecule has 0 aromatic rings. The van der Waals surface area contributed by atoms with Crippen molar-refractivity contribution in [3.63, 3.8) is 0 Å². The van der Waals surface area contributed by atoms with Crippen LogP contribution in [0.5, 0.6) is 0 Å². The van der Waals surface area contributed by atoms with Gasteiger partial charge >= 0.3 is 11.9 Å². The lowest BCUT2D eigenvalue weighted by Crippen LogP contribution is -2.11. The van der Waals surface area contributed by atoms with Gasteiger partial charge in [0, 0.05) is 5.88 Å². The van der Waals surface area contributed by atoms with Crippen molar-refractivity contribution in [2.75, 3.05) is 19.1 Å². The van der Waals surface area contributed by atoms with E-state index in [1.807, 2.05) is 0 Å². The highest BCUT2D eigenvalue weighted by molar-refractivity contribution is 6.17. The van der Waals surface area contributed by atoms with Gasteiger partial charge in [0.25, 0.3) is 0 Å². The van der Waals surface area contributed by atoms with Crippen LogP contribution in [-0.4, -0.2) is 31.0 Å². The van der Waals surface area contributed by atoms with Gasteiger partial charge in [0.2, 0.25) is 0 Å². The first-order valence-corrected chi connectivity index (χ1v) is 10.6. The van der Waals surface area contributed by atoms with Gasteiger partial charge in [0.05, 0.1) is 26.1 Å². The Kier molecular flexibility index (Phi) is 19.0. The Morgan fingerprint density at radius 2 is 1.04 bits per heavy atom. The molecule has 0 atom stereocenters. The van der Waals surface area contributed by atoms with Crippen LogP contribution in [0.4, 0.5) is 0 Å². The van der Waals surface area contributed by atoms with Crippen LogP contribution in [-0.2, 0) is 19.1 Å². The Hall–Kier alpha value is -0.770. The molecule has 0 spiro atoms. The van der Waals surface area contributed by atoms with Crippen LogP contribution < -0.4 is 0 Å². The fourth-order valence-electron chi connectivity index (χ4n) is 2.51. The summed E-state index contributed by atoms with van der Waals surface area (Å²) in [6, 6.07) is 0. The third-order valence-electron chi connectivity index (χ3n) is 4.09. The number of esters is 2. The zero-order valence-electron chi connectivity index (χ0n) is 16.0. The van der Waals surface area contributed by atoms with Crippen molar-refractivity contribution in [1.29, 1.82) is 0 Å². The quantitative estimate of drug-likeness (QED) is 0.172. The molecular weight excluding hydrogens is 340 g/mol. The fraction of sp³-hybridized carbons (Fsp3) is 0.900. The summed E-state index contributed by atoms with van der Waals surface area (Å²) in [7, 11) is 0. The van der Waals surface area contributed by atoms with Crippen LogP contribution in [0.1, 0.15) is 96.8 Å². The molecule has 0 fully saturated rings. The summed E-state index contributed by atoms with van der Waals surface area (Å²) in [5.74, 6) is 0.161. The maximum Gasteiger partial charge on any atom is 0.306 e. The van der Waals surface area contributed by atoms with Gasteiger partial charge in [-0.2, -0.15) is 0 Å². The summed E-state index contributed by atoms with van der Waals surface area (Å²) in [4.78, 5) is 23.0. The smallest absolute Gasteiger partial charge is 0.306 e. The average Bonchev–Trinajstić information content (AvgIpc) is 2.61. The molecule has 0 N–H and O–H groups in total. The molecule has 0 aromatic heterocycles. The number of halogens is 1. The molecule has 0 rings (SSSR count). The van der Waals surface area contributed by atoms with Crippen molar-refractivity contribution in [3.05, 3.63) is 0 Å². The van der Waals surface area contributed by atoms with E-state index in [0.717, 1.165) is 50.8 Å². The first-order chi connectivity index (χ1) is 12.2. The lowest BCUT2D eigenvalue weighted by molar-refractivity contribution is -0.150. The lowest BCUT2D eigenvalue weighted by Gasteiger charge is -2.06. The normalized spacial score (nSPS) is 10.6. The van der Waals surface area contributed by atoms with E-state index in [1.54, 1.807) is 0 Å². The van der Waals surface area contributed by atoms with E-state index in [9.17, 15) is 9.59 Å². The molecule has 0 bridgehead atoms. The second-order valence-electron chi connectivity index (χ2n) is 6.52. The Morgan fingerprint density at radius 3 is 1.48 bits per heavy atom. The minimum Gasteiger partial charge on any atom is -0.466 e. The van der Waals surface area contributed by atoms with E-state index in [2.05, 4.69) is 6.92 Å². The van der Waals surface area contributed by atoms with E-state index in [4.69, 9.17) is 21.1 Å². The SMILES string of the molecule is CCCCCCOC(=O)CCC(=O)OCCCCCCCCCCCl. The van der Waals surface area contributed by atoms with E-state index in [-0.39, 0.29) is 24.8 Å². The number of hydrogen-bond donors (Lipinski definition) is 0. The van der Waals surface area contributed by atoms with Crippen molar-refractivity contribution in [1.82, 2.24) is 0 Å². The van der Waals surface area contributed by atoms with E-state index >= 15 is 0 Å². The van der Waals surface area contributed by atoms with Crippen molar-refractivity contribution in [2.45, 2.75) is 96.8 Å². The predicted molar refractivity (Wildman–Crippen MR) is 103 cm³/mol. The van der Waals surface area contributed by atoms with Gasteiger partial charge in [-0.15, -0.1) is 11.6 Å². The Labute approximate surface area is 159 Å². The number of rotatable bonds is 18. The number of unbranched alkanes of at least 4 members (excludes halogenated alkanes) is 10. The molecule has 148 valence electrons. The maximum atomic E-state index is 11.6. The van der Waals surface area contributed by atoms with Gasteiger partial charge in [-0.25, -0.2) is 0 Å². The highest BCUT2D eigenvalue weighted by Gasteiger charge is 2.08. The molecule has 0 amide bonds. The third-order valence-corrected chi connectivity index (χ3v) is 4.35. The molecule has 0 heterocycles. The molecule has 0 aliphatic heterocycles. The van der Waals surface area contributed by atoms with E-state index in [1.165, 1.54) is 32.1 Å². The zero-order chi connectivity index (χ0) is 18.6. The van der Waals surface area contributed by atoms with Gasteiger partial charge in [-0.05, 0) is 19.3 Å². The maximum absolute atomic E-state index is 11.6. The standard InChI is InChI=1S/C20H37ClO4/c1-2-3-4-12-17-24-19(22)14-15-20(23)25-18-13-10-8-6-5-7-9-11-16-21/h2-18H2,1H3. The highest BCUT2D eigenvalue weighted by atomic mass is 35.5. The first kappa shape index (κ1) is 24.2. The first-order valence-electron chi connectivity index (χ1n) is 10.1. The molecule has 0 aliphatic carbocycles. The Bertz CT molecular complexity index is 321. The average molecular weight is 377 g/mol. The number of ether oxygens (including phenoxy) is 2. The minimum atomic E-state index is -0.303. The summed E-state index contributed by atoms with van der Waals surface area (Å²) in [6.45, 7) is 3.05. The summed E-state index contributed by atoms with van der Waals surface area (Å²) in [5.41, 5.74) is 0. The molecule has 0 aliphatic rings. The van der Waals surface area contributed by atoms with Gasteiger partial charge in [0.1, 0.15) is 0 Å². The minimum absolute atomic E-state index is 0.119. The summed E-state index contributed by atoms with van der Waals surface area (Å²) in [5, 5.41) is 0. The van der Waals surface area contributed by atoms with E-state index in [0.29, 0.717) is 13.2 Å². The second-order valence-corrected chi connectivity index (χ2v) is 6.90. The monoisotopic (exact) mass is 376 g/mol. The summed E-state index contributed by atoms with van der Waals surface area (Å²) in [6.07, 6.45) is 13.8. The van der Waals surface area contributed by atoms with Gasteiger partial charge in [0.15, 0.2) is 0 Å². The molecule has 0 aromatic carbocycles. The number of carbonyl (C=O) groups excluding carboxylic acids is 2. The highest BCUT2D eigenvalue weighted by Crippen LogP contribution is 2.09. The Morgan fingerprint density at radius 1 is 0.640 bits per heavy atom. The van der Waals surface area contributed by atoms with Gasteiger partial charge in [-0.1, -0.05) is 64.7 Å². The van der Waals surface area contributed by atoms with Crippen LogP contribution in [0.15, 0.2) is 0 Å². The largest absolute Gasteiger partial charge is 0.466 e.